The number of aryl methyl sites for hydroxylation is 1. The first kappa shape index (κ1) is 17.8. The molecule has 1 amide bonds. The second-order valence-electron chi connectivity index (χ2n) is 4.45. The van der Waals surface area contributed by atoms with Crippen LogP contribution in [-0.2, 0) is 4.79 Å². The van der Waals surface area contributed by atoms with E-state index in [-0.39, 0.29) is 22.4 Å². The molecule has 1 aromatic carbocycles. The van der Waals surface area contributed by atoms with E-state index in [9.17, 15) is 22.8 Å². The van der Waals surface area contributed by atoms with Crippen LogP contribution in [0.15, 0.2) is 34.2 Å². The highest BCUT2D eigenvalue weighted by Gasteiger charge is 2.30. The van der Waals surface area contributed by atoms with Crippen molar-refractivity contribution in [3.05, 3.63) is 40.3 Å². The highest BCUT2D eigenvalue weighted by atomic mass is 32.2. The number of nitrogens with one attached hydrogen (secondary N) is 2. The van der Waals surface area contributed by atoms with Gasteiger partial charge in [0, 0.05) is 5.69 Å². The molecule has 1 heterocycles. The molecule has 0 bridgehead atoms. The number of carbonyl (C=O) groups excluding carboxylic acids is 1. The number of amides is 1. The molecule has 0 saturated heterocycles. The molecule has 0 aliphatic carbocycles. The number of anilines is 1. The number of rotatable bonds is 5. The average Bonchev–Trinajstić information content (AvgIpc) is 2.49. The molecule has 128 valence electrons. The number of H-pyrrole nitrogens is 1. The number of thioether (sulfide) groups is 1. The molecular weight excluding hydrogens is 349 g/mol. The fraction of sp³-hybridized carbons (Fsp3) is 0.231. The van der Waals surface area contributed by atoms with Crippen LogP contribution in [0, 0.1) is 6.92 Å². The number of alkyl halides is 3. The summed E-state index contributed by atoms with van der Waals surface area (Å²) < 4.78 is 39.8. The molecule has 2 rings (SSSR count). The van der Waals surface area contributed by atoms with E-state index in [0.29, 0.717) is 5.69 Å². The maximum atomic E-state index is 12.0. The van der Waals surface area contributed by atoms with Gasteiger partial charge in [-0.1, -0.05) is 11.8 Å². The van der Waals surface area contributed by atoms with Crippen LogP contribution in [0.2, 0.25) is 0 Å². The second kappa shape index (κ2) is 7.34. The highest BCUT2D eigenvalue weighted by Crippen LogP contribution is 2.24. The minimum Gasteiger partial charge on any atom is -0.406 e. The Labute approximate surface area is 137 Å². The zero-order chi connectivity index (χ0) is 17.7. The number of aromatic nitrogens is 3. The lowest BCUT2D eigenvalue weighted by molar-refractivity contribution is -0.274. The number of benzene rings is 1. The summed E-state index contributed by atoms with van der Waals surface area (Å²) in [6, 6.07) is 4.72. The second-order valence-corrected chi connectivity index (χ2v) is 5.42. The number of ether oxygens (including phenoxy) is 1. The van der Waals surface area contributed by atoms with Gasteiger partial charge in [-0.3, -0.25) is 14.6 Å². The van der Waals surface area contributed by atoms with Crippen LogP contribution in [0.5, 0.6) is 5.75 Å². The third-order valence-corrected chi connectivity index (χ3v) is 3.42. The Morgan fingerprint density at radius 1 is 1.29 bits per heavy atom. The van der Waals surface area contributed by atoms with Crippen molar-refractivity contribution < 1.29 is 22.7 Å². The van der Waals surface area contributed by atoms with Crippen LogP contribution in [0.3, 0.4) is 0 Å². The quantitative estimate of drug-likeness (QED) is 0.793. The van der Waals surface area contributed by atoms with Crippen molar-refractivity contribution in [2.24, 2.45) is 0 Å². The number of hydrogen-bond donors (Lipinski definition) is 2. The van der Waals surface area contributed by atoms with Crippen molar-refractivity contribution in [1.29, 1.82) is 0 Å². The Morgan fingerprint density at radius 2 is 1.96 bits per heavy atom. The predicted octanol–water partition coefficient (Wildman–Crippen LogP) is 2.10. The molecule has 0 fully saturated rings. The van der Waals surface area contributed by atoms with E-state index in [2.05, 4.69) is 25.2 Å². The summed E-state index contributed by atoms with van der Waals surface area (Å²) in [4.78, 5) is 25.6. The fourth-order valence-electron chi connectivity index (χ4n) is 1.51. The summed E-state index contributed by atoms with van der Waals surface area (Å²) >= 11 is 0.967. The SMILES string of the molecule is Cc1nnc(SCC(=O)Nc2ccc(OC(F)(F)F)cc2)[nH]c1=O. The van der Waals surface area contributed by atoms with Crippen molar-refractivity contribution >= 4 is 23.4 Å². The number of hydrogen-bond acceptors (Lipinski definition) is 6. The minimum atomic E-state index is -4.77. The summed E-state index contributed by atoms with van der Waals surface area (Å²) in [5, 5.41) is 10.0. The van der Waals surface area contributed by atoms with Crippen LogP contribution in [0.1, 0.15) is 5.69 Å². The van der Waals surface area contributed by atoms with Gasteiger partial charge in [0.15, 0.2) is 5.16 Å². The van der Waals surface area contributed by atoms with Crippen molar-refractivity contribution in [3.63, 3.8) is 0 Å². The van der Waals surface area contributed by atoms with Gasteiger partial charge >= 0.3 is 6.36 Å². The lowest BCUT2D eigenvalue weighted by Gasteiger charge is -2.09. The summed E-state index contributed by atoms with van der Waals surface area (Å²) in [7, 11) is 0. The number of carbonyl (C=O) groups is 1. The van der Waals surface area contributed by atoms with E-state index in [1.54, 1.807) is 0 Å². The van der Waals surface area contributed by atoms with Gasteiger partial charge in [0.1, 0.15) is 11.4 Å². The van der Waals surface area contributed by atoms with Gasteiger partial charge < -0.3 is 10.1 Å². The third-order valence-electron chi connectivity index (χ3n) is 2.55. The van der Waals surface area contributed by atoms with E-state index >= 15 is 0 Å². The van der Waals surface area contributed by atoms with Gasteiger partial charge in [0.2, 0.25) is 5.91 Å². The lowest BCUT2D eigenvalue weighted by Crippen LogP contribution is -2.18. The van der Waals surface area contributed by atoms with Crippen LogP contribution < -0.4 is 15.6 Å². The number of aromatic amines is 1. The van der Waals surface area contributed by atoms with Gasteiger partial charge in [-0.15, -0.1) is 23.4 Å². The Morgan fingerprint density at radius 3 is 2.54 bits per heavy atom. The Kier molecular flexibility index (Phi) is 5.44. The van der Waals surface area contributed by atoms with Gasteiger partial charge in [-0.2, -0.15) is 0 Å². The zero-order valence-corrected chi connectivity index (χ0v) is 13.0. The van der Waals surface area contributed by atoms with Gasteiger partial charge in [-0.25, -0.2) is 0 Å². The molecule has 1 aromatic heterocycles. The molecule has 0 aliphatic heterocycles. The van der Waals surface area contributed by atoms with E-state index in [0.717, 1.165) is 23.9 Å². The zero-order valence-electron chi connectivity index (χ0n) is 12.2. The highest BCUT2D eigenvalue weighted by molar-refractivity contribution is 7.99. The summed E-state index contributed by atoms with van der Waals surface area (Å²) in [5.74, 6) is -0.871. The van der Waals surface area contributed by atoms with Crippen LogP contribution in [0.4, 0.5) is 18.9 Å². The first-order valence-electron chi connectivity index (χ1n) is 6.45. The van der Waals surface area contributed by atoms with Crippen molar-refractivity contribution in [3.8, 4) is 5.75 Å². The van der Waals surface area contributed by atoms with Gasteiger partial charge in [-0.05, 0) is 31.2 Å². The van der Waals surface area contributed by atoms with Gasteiger partial charge in [0.25, 0.3) is 5.56 Å². The molecule has 7 nitrogen and oxygen atoms in total. The average molecular weight is 360 g/mol. The normalized spacial score (nSPS) is 11.2. The van der Waals surface area contributed by atoms with Crippen LogP contribution >= 0.6 is 11.8 Å². The van der Waals surface area contributed by atoms with Crippen molar-refractivity contribution in [2.45, 2.75) is 18.4 Å². The first-order chi connectivity index (χ1) is 11.2. The molecule has 0 aliphatic rings. The van der Waals surface area contributed by atoms with Crippen molar-refractivity contribution in [1.82, 2.24) is 15.2 Å². The molecule has 0 radical (unpaired) electrons. The summed E-state index contributed by atoms with van der Waals surface area (Å²) in [5.41, 5.74) is 0.122. The summed E-state index contributed by atoms with van der Waals surface area (Å²) in [6.45, 7) is 1.50. The maximum absolute atomic E-state index is 12.0. The minimum absolute atomic E-state index is 0.0610. The molecule has 0 atom stereocenters. The fourth-order valence-corrected chi connectivity index (χ4v) is 2.12. The van der Waals surface area contributed by atoms with Gasteiger partial charge in [0.05, 0.1) is 5.75 Å². The maximum Gasteiger partial charge on any atom is 0.573 e. The largest absolute Gasteiger partial charge is 0.573 e. The molecule has 0 saturated carbocycles. The predicted molar refractivity (Wildman–Crippen MR) is 79.9 cm³/mol. The standard InChI is InChI=1S/C13H11F3N4O3S/c1-7-11(22)18-12(20-19-7)24-6-10(21)17-8-2-4-9(5-3-8)23-13(14,15)16/h2-5H,6H2,1H3,(H,17,21)(H,18,20,22). The van der Waals surface area contributed by atoms with E-state index in [1.165, 1.54) is 19.1 Å². The number of nitrogens with zero attached hydrogens (tertiary/aromatic N) is 2. The molecule has 0 spiro atoms. The monoisotopic (exact) mass is 360 g/mol. The van der Waals surface area contributed by atoms with E-state index in [4.69, 9.17) is 0 Å². The van der Waals surface area contributed by atoms with E-state index in [1.807, 2.05) is 0 Å². The lowest BCUT2D eigenvalue weighted by atomic mass is 10.3. The van der Waals surface area contributed by atoms with Crippen LogP contribution in [-0.4, -0.2) is 33.2 Å². The molecular formula is C13H11F3N4O3S. The van der Waals surface area contributed by atoms with Crippen LogP contribution in [0.25, 0.3) is 0 Å². The smallest absolute Gasteiger partial charge is 0.406 e. The Balaban J connectivity index is 1.88. The molecule has 2 aromatic rings. The molecule has 2 N–H and O–H groups in total. The Bertz CT molecular complexity index is 777. The third kappa shape index (κ3) is 5.57. The molecule has 0 unspecified atom stereocenters. The Hall–Kier alpha value is -2.56. The number of halogens is 3. The first-order valence-corrected chi connectivity index (χ1v) is 7.43. The van der Waals surface area contributed by atoms with E-state index < -0.39 is 17.8 Å². The summed E-state index contributed by atoms with van der Waals surface area (Å²) in [6.07, 6.45) is -4.77. The molecule has 24 heavy (non-hydrogen) atoms. The molecule has 11 heteroatoms. The van der Waals surface area contributed by atoms with Crippen molar-refractivity contribution in [2.75, 3.05) is 11.1 Å². The topological polar surface area (TPSA) is 97.0 Å².